The topological polar surface area (TPSA) is 80.4 Å². The highest BCUT2D eigenvalue weighted by Crippen LogP contribution is 1.68. The molecule has 0 heterocycles. The van der Waals surface area contributed by atoms with Gasteiger partial charge in [-0.2, -0.15) is 0 Å². The molecule has 0 aliphatic carbocycles. The molecule has 0 spiro atoms. The van der Waals surface area contributed by atoms with Gasteiger partial charge in [-0.15, -0.1) is 0 Å². The lowest BCUT2D eigenvalue weighted by atomic mass is 10.5. The molecule has 0 aromatic heterocycles. The fourth-order valence-electron chi connectivity index (χ4n) is 0.153. The van der Waals surface area contributed by atoms with Crippen molar-refractivity contribution in [3.63, 3.8) is 0 Å². The predicted molar refractivity (Wildman–Crippen MR) is 46.4 cm³/mol. The molecule has 0 atom stereocenters. The third-order valence-corrected chi connectivity index (χ3v) is 0.557. The van der Waals surface area contributed by atoms with E-state index in [0.717, 1.165) is 6.08 Å². The van der Waals surface area contributed by atoms with Crippen molar-refractivity contribution in [3.05, 3.63) is 37.5 Å². The molecule has 0 aliphatic rings. The Morgan fingerprint density at radius 3 is 1.67 bits per heavy atom. The quantitative estimate of drug-likeness (QED) is 0.476. The Kier molecular flexibility index (Phi) is 9.77. The fraction of sp³-hybridized carbons (Fsp3) is 0. The van der Waals surface area contributed by atoms with Crippen LogP contribution in [0, 0.1) is 0 Å². The van der Waals surface area contributed by atoms with Crippen LogP contribution in [-0.4, -0.2) is 17.0 Å². The lowest BCUT2D eigenvalue weighted by Crippen LogP contribution is -2.06. The maximum Gasteiger partial charge on any atom is 0.328 e. The van der Waals surface area contributed by atoms with Crippen LogP contribution in [0.25, 0.3) is 0 Å². The number of primary amides is 1. The van der Waals surface area contributed by atoms with E-state index in [1.165, 1.54) is 0 Å². The minimum Gasteiger partial charge on any atom is -0.478 e. The van der Waals surface area contributed by atoms with Gasteiger partial charge in [0.15, 0.2) is 0 Å². The fourth-order valence-corrected chi connectivity index (χ4v) is 0.153. The van der Waals surface area contributed by atoms with E-state index in [-0.39, 0.29) is 0 Å². The van der Waals surface area contributed by atoms with Crippen LogP contribution in [0.1, 0.15) is 0 Å². The van der Waals surface area contributed by atoms with Crippen molar-refractivity contribution >= 4 is 11.9 Å². The van der Waals surface area contributed by atoms with Crippen LogP contribution >= 0.6 is 0 Å². The van der Waals surface area contributed by atoms with Crippen LogP contribution in [-0.2, 0) is 9.59 Å². The summed E-state index contributed by atoms with van der Waals surface area (Å²) in [4.78, 5) is 19.4. The Balaban J connectivity index is 0. The Labute approximate surface area is 70.7 Å². The van der Waals surface area contributed by atoms with E-state index in [1.807, 2.05) is 0 Å². The van der Waals surface area contributed by atoms with Gasteiger partial charge in [0.25, 0.3) is 0 Å². The third kappa shape index (κ3) is 24.2. The number of hydrogen-bond donors (Lipinski definition) is 2. The SMILES string of the molecule is C=CC=C.NC(=O)C=CC(=O)O. The molecule has 0 aromatic rings. The first-order valence-electron chi connectivity index (χ1n) is 2.98. The molecule has 0 saturated carbocycles. The highest BCUT2D eigenvalue weighted by molar-refractivity contribution is 5.92. The minimum absolute atomic E-state index is 0.683. The standard InChI is InChI=1S/C4H5NO3.C4H6/c5-3(6)1-2-4(7)8;1-3-4-2/h1-2H,(H2,5,6)(H,7,8);3-4H,1-2H2. The molecule has 1 amide bonds. The monoisotopic (exact) mass is 169 g/mol. The number of carboxylic acids is 1. The summed E-state index contributed by atoms with van der Waals surface area (Å²) >= 11 is 0. The number of aliphatic carboxylic acids is 1. The molecule has 0 fully saturated rings. The summed E-state index contributed by atoms with van der Waals surface area (Å²) in [6.45, 7) is 6.72. The average molecular weight is 169 g/mol. The average Bonchev–Trinajstić information content (AvgIpc) is 2.01. The zero-order valence-corrected chi connectivity index (χ0v) is 6.56. The number of allylic oxidation sites excluding steroid dienone is 2. The summed E-state index contributed by atoms with van der Waals surface area (Å²) in [5.41, 5.74) is 4.55. The van der Waals surface area contributed by atoms with Crippen LogP contribution in [0.5, 0.6) is 0 Å². The smallest absolute Gasteiger partial charge is 0.328 e. The molecule has 0 unspecified atom stereocenters. The summed E-state index contributed by atoms with van der Waals surface area (Å²) in [7, 11) is 0. The zero-order valence-electron chi connectivity index (χ0n) is 6.56. The molecule has 3 N–H and O–H groups in total. The molecule has 4 nitrogen and oxygen atoms in total. The zero-order chi connectivity index (χ0) is 9.98. The number of rotatable bonds is 3. The van der Waals surface area contributed by atoms with Crippen molar-refractivity contribution in [2.45, 2.75) is 0 Å². The first-order chi connectivity index (χ1) is 5.54. The van der Waals surface area contributed by atoms with Gasteiger partial charge >= 0.3 is 5.97 Å². The summed E-state index contributed by atoms with van der Waals surface area (Å²) in [5.74, 6) is -1.93. The molecule has 4 heteroatoms. The van der Waals surface area contributed by atoms with Crippen LogP contribution < -0.4 is 5.73 Å². The summed E-state index contributed by atoms with van der Waals surface area (Å²) in [6.07, 6.45) is 4.74. The highest BCUT2D eigenvalue weighted by Gasteiger charge is 1.86. The third-order valence-electron chi connectivity index (χ3n) is 0.557. The van der Waals surface area contributed by atoms with Crippen molar-refractivity contribution in [1.29, 1.82) is 0 Å². The largest absolute Gasteiger partial charge is 0.478 e. The first kappa shape index (κ1) is 12.8. The number of amides is 1. The molecule has 12 heavy (non-hydrogen) atoms. The highest BCUT2D eigenvalue weighted by atomic mass is 16.4. The maximum atomic E-state index is 9.78. The molecule has 0 aliphatic heterocycles. The lowest BCUT2D eigenvalue weighted by molar-refractivity contribution is -0.131. The van der Waals surface area contributed by atoms with Gasteiger partial charge in [-0.25, -0.2) is 4.79 Å². The lowest BCUT2D eigenvalue weighted by Gasteiger charge is -1.75. The van der Waals surface area contributed by atoms with Crippen molar-refractivity contribution in [1.82, 2.24) is 0 Å². The van der Waals surface area contributed by atoms with E-state index in [0.29, 0.717) is 6.08 Å². The number of carboxylic acid groups (broad SMARTS) is 1. The van der Waals surface area contributed by atoms with E-state index in [1.54, 1.807) is 12.2 Å². The Hall–Kier alpha value is -1.84. The second-order valence-electron chi connectivity index (χ2n) is 1.55. The van der Waals surface area contributed by atoms with E-state index >= 15 is 0 Å². The van der Waals surface area contributed by atoms with Gasteiger partial charge in [0.05, 0.1) is 0 Å². The van der Waals surface area contributed by atoms with E-state index in [4.69, 9.17) is 5.11 Å². The minimum atomic E-state index is -1.18. The van der Waals surface area contributed by atoms with Crippen LogP contribution in [0.2, 0.25) is 0 Å². The van der Waals surface area contributed by atoms with Gasteiger partial charge in [0.1, 0.15) is 0 Å². The van der Waals surface area contributed by atoms with Crippen molar-refractivity contribution in [3.8, 4) is 0 Å². The van der Waals surface area contributed by atoms with Crippen LogP contribution in [0.15, 0.2) is 37.5 Å². The summed E-state index contributed by atoms with van der Waals surface area (Å²) in [6, 6.07) is 0. The molecule has 0 saturated heterocycles. The van der Waals surface area contributed by atoms with Crippen LogP contribution in [0.4, 0.5) is 0 Å². The molecule has 0 aromatic carbocycles. The molecule has 0 bridgehead atoms. The van der Waals surface area contributed by atoms with Gasteiger partial charge in [0, 0.05) is 12.2 Å². The maximum absolute atomic E-state index is 9.78. The molecular weight excluding hydrogens is 158 g/mol. The summed E-state index contributed by atoms with van der Waals surface area (Å²) < 4.78 is 0. The molecule has 66 valence electrons. The van der Waals surface area contributed by atoms with Gasteiger partial charge in [-0.3, -0.25) is 4.79 Å². The Morgan fingerprint density at radius 2 is 1.58 bits per heavy atom. The number of carbonyl (C=O) groups excluding carboxylic acids is 1. The normalized spacial score (nSPS) is 8.00. The van der Waals surface area contributed by atoms with Gasteiger partial charge in [-0.1, -0.05) is 25.3 Å². The molecule has 0 radical (unpaired) electrons. The van der Waals surface area contributed by atoms with Crippen molar-refractivity contribution in [2.24, 2.45) is 5.73 Å². The molecular formula is C8H11NO3. The Bertz CT molecular complexity index is 184. The van der Waals surface area contributed by atoms with Gasteiger partial charge in [0.2, 0.25) is 5.91 Å². The number of nitrogens with two attached hydrogens (primary N) is 1. The van der Waals surface area contributed by atoms with Crippen molar-refractivity contribution < 1.29 is 14.7 Å². The Morgan fingerprint density at radius 1 is 1.17 bits per heavy atom. The second kappa shape index (κ2) is 9.16. The van der Waals surface area contributed by atoms with Gasteiger partial charge in [-0.05, 0) is 0 Å². The first-order valence-corrected chi connectivity index (χ1v) is 2.98. The van der Waals surface area contributed by atoms with Crippen LogP contribution in [0.3, 0.4) is 0 Å². The van der Waals surface area contributed by atoms with E-state index < -0.39 is 11.9 Å². The predicted octanol–water partition coefficient (Wildman–Crippen LogP) is 0.471. The number of carbonyl (C=O) groups is 2. The molecule has 0 rings (SSSR count). The van der Waals surface area contributed by atoms with Crippen molar-refractivity contribution in [2.75, 3.05) is 0 Å². The summed E-state index contributed by atoms with van der Waals surface area (Å²) in [5, 5.41) is 7.87. The van der Waals surface area contributed by atoms with Gasteiger partial charge < -0.3 is 10.8 Å². The van der Waals surface area contributed by atoms with E-state index in [2.05, 4.69) is 18.9 Å². The second-order valence-corrected chi connectivity index (χ2v) is 1.55. The van der Waals surface area contributed by atoms with E-state index in [9.17, 15) is 9.59 Å². The number of hydrogen-bond acceptors (Lipinski definition) is 2.